The fourth-order valence-corrected chi connectivity index (χ4v) is 4.15. The number of hydrogen-bond acceptors (Lipinski definition) is 6. The Balaban J connectivity index is 1.75. The van der Waals surface area contributed by atoms with E-state index >= 15 is 0 Å². The molecule has 0 unspecified atom stereocenters. The van der Waals surface area contributed by atoms with Gasteiger partial charge in [-0.2, -0.15) is 0 Å². The molecule has 0 bridgehead atoms. The zero-order valence-electron chi connectivity index (χ0n) is 15.9. The highest BCUT2D eigenvalue weighted by molar-refractivity contribution is 7.17. The Morgan fingerprint density at radius 1 is 1.07 bits per heavy atom. The van der Waals surface area contributed by atoms with Crippen molar-refractivity contribution >= 4 is 33.1 Å². The molecule has 0 amide bonds. The van der Waals surface area contributed by atoms with Crippen LogP contribution in [0.5, 0.6) is 0 Å². The molecular formula is C22H21FN4OS. The molecule has 0 radical (unpaired) electrons. The van der Waals surface area contributed by atoms with Crippen LogP contribution in [0.1, 0.15) is 11.4 Å². The smallest absolute Gasteiger partial charge is 0.129 e. The molecule has 0 atom stereocenters. The number of anilines is 2. The standard InChI is InChI=1S/C22H21FN4OS/c1-14-3-2-4-17(26-14)12-25-19-11-20(24-9-10-28)27-22-21(19)18(13-29-22)15-5-7-16(23)8-6-15/h2-8,11,13,28H,9-10,12H2,1H3,(H2,24,25,27). The highest BCUT2D eigenvalue weighted by Crippen LogP contribution is 2.39. The molecule has 3 N–H and O–H groups in total. The van der Waals surface area contributed by atoms with E-state index in [4.69, 9.17) is 5.11 Å². The molecule has 0 aliphatic rings. The number of aryl methyl sites for hydroxylation is 1. The molecule has 3 heterocycles. The number of aromatic nitrogens is 2. The lowest BCUT2D eigenvalue weighted by Gasteiger charge is -2.12. The van der Waals surface area contributed by atoms with E-state index in [-0.39, 0.29) is 12.4 Å². The van der Waals surface area contributed by atoms with Gasteiger partial charge in [0.2, 0.25) is 0 Å². The topological polar surface area (TPSA) is 70.1 Å². The van der Waals surface area contributed by atoms with Gasteiger partial charge in [-0.05, 0) is 36.8 Å². The zero-order chi connectivity index (χ0) is 20.2. The van der Waals surface area contributed by atoms with E-state index in [1.165, 1.54) is 23.5 Å². The number of aliphatic hydroxyl groups is 1. The second kappa shape index (κ2) is 8.55. The average molecular weight is 409 g/mol. The van der Waals surface area contributed by atoms with Crippen molar-refractivity contribution in [2.45, 2.75) is 13.5 Å². The van der Waals surface area contributed by atoms with Gasteiger partial charge in [-0.15, -0.1) is 11.3 Å². The maximum Gasteiger partial charge on any atom is 0.129 e. The summed E-state index contributed by atoms with van der Waals surface area (Å²) in [6.45, 7) is 2.99. The normalized spacial score (nSPS) is 11.0. The summed E-state index contributed by atoms with van der Waals surface area (Å²) in [5.74, 6) is 0.435. The highest BCUT2D eigenvalue weighted by Gasteiger charge is 2.14. The van der Waals surface area contributed by atoms with Crippen molar-refractivity contribution in [1.29, 1.82) is 0 Å². The molecule has 4 aromatic rings. The van der Waals surface area contributed by atoms with Crippen LogP contribution in [-0.2, 0) is 6.54 Å². The molecule has 0 spiro atoms. The third kappa shape index (κ3) is 4.36. The largest absolute Gasteiger partial charge is 0.395 e. The fraction of sp³-hybridized carbons (Fsp3) is 0.182. The lowest BCUT2D eigenvalue weighted by molar-refractivity contribution is 0.311. The molecule has 0 aliphatic carbocycles. The first-order valence-electron chi connectivity index (χ1n) is 9.33. The minimum atomic E-state index is -0.259. The molecule has 7 heteroatoms. The van der Waals surface area contributed by atoms with Crippen LogP contribution in [0.4, 0.5) is 15.9 Å². The van der Waals surface area contributed by atoms with Crippen molar-refractivity contribution in [3.63, 3.8) is 0 Å². The van der Waals surface area contributed by atoms with Crippen molar-refractivity contribution in [1.82, 2.24) is 9.97 Å². The molecule has 4 rings (SSSR count). The Morgan fingerprint density at radius 3 is 2.66 bits per heavy atom. The predicted octanol–water partition coefficient (Wildman–Crippen LogP) is 4.82. The van der Waals surface area contributed by atoms with Crippen LogP contribution in [0.2, 0.25) is 0 Å². The monoisotopic (exact) mass is 408 g/mol. The van der Waals surface area contributed by atoms with Gasteiger partial charge in [0.05, 0.1) is 18.8 Å². The third-order valence-corrected chi connectivity index (χ3v) is 5.40. The van der Waals surface area contributed by atoms with E-state index in [1.54, 1.807) is 12.1 Å². The van der Waals surface area contributed by atoms with Crippen molar-refractivity contribution in [2.24, 2.45) is 0 Å². The van der Waals surface area contributed by atoms with Crippen molar-refractivity contribution in [2.75, 3.05) is 23.8 Å². The molecule has 0 saturated heterocycles. The Labute approximate surface area is 172 Å². The van der Waals surface area contributed by atoms with Crippen LogP contribution in [0.25, 0.3) is 21.3 Å². The van der Waals surface area contributed by atoms with Gasteiger partial charge in [0.15, 0.2) is 0 Å². The number of nitrogens with zero attached hydrogens (tertiary/aromatic N) is 2. The number of hydrogen-bond donors (Lipinski definition) is 3. The lowest BCUT2D eigenvalue weighted by Crippen LogP contribution is -2.08. The maximum atomic E-state index is 13.4. The minimum absolute atomic E-state index is 0.0287. The van der Waals surface area contributed by atoms with E-state index in [0.717, 1.165) is 38.4 Å². The Kier molecular flexibility index (Phi) is 5.69. The summed E-state index contributed by atoms with van der Waals surface area (Å²) >= 11 is 1.54. The molecule has 3 aromatic heterocycles. The summed E-state index contributed by atoms with van der Waals surface area (Å²) < 4.78 is 13.4. The van der Waals surface area contributed by atoms with E-state index in [2.05, 4.69) is 20.6 Å². The molecular weight excluding hydrogens is 387 g/mol. The predicted molar refractivity (Wildman–Crippen MR) is 117 cm³/mol. The Bertz CT molecular complexity index is 1130. The van der Waals surface area contributed by atoms with Gasteiger partial charge in [-0.3, -0.25) is 4.98 Å². The van der Waals surface area contributed by atoms with Gasteiger partial charge in [0, 0.05) is 40.3 Å². The minimum Gasteiger partial charge on any atom is -0.395 e. The number of nitrogens with one attached hydrogen (secondary N) is 2. The first-order chi connectivity index (χ1) is 14.1. The van der Waals surface area contributed by atoms with Crippen molar-refractivity contribution in [3.8, 4) is 11.1 Å². The molecule has 5 nitrogen and oxygen atoms in total. The maximum absolute atomic E-state index is 13.4. The van der Waals surface area contributed by atoms with E-state index < -0.39 is 0 Å². The van der Waals surface area contributed by atoms with Gasteiger partial charge in [-0.25, -0.2) is 9.37 Å². The second-order valence-electron chi connectivity index (χ2n) is 6.67. The first kappa shape index (κ1) is 19.3. The van der Waals surface area contributed by atoms with Crippen LogP contribution in [0.3, 0.4) is 0 Å². The van der Waals surface area contributed by atoms with Crippen LogP contribution < -0.4 is 10.6 Å². The van der Waals surface area contributed by atoms with Crippen LogP contribution in [0, 0.1) is 12.7 Å². The summed E-state index contributed by atoms with van der Waals surface area (Å²) in [6, 6.07) is 14.4. The SMILES string of the molecule is Cc1cccc(CNc2cc(NCCO)nc3scc(-c4ccc(F)cc4)c23)n1. The number of pyridine rings is 2. The fourth-order valence-electron chi connectivity index (χ4n) is 3.18. The zero-order valence-corrected chi connectivity index (χ0v) is 16.8. The Hall–Kier alpha value is -3.03. The van der Waals surface area contributed by atoms with Crippen molar-refractivity contribution in [3.05, 3.63) is 71.1 Å². The number of aliphatic hydroxyl groups excluding tert-OH is 1. The first-order valence-corrected chi connectivity index (χ1v) is 10.2. The van der Waals surface area contributed by atoms with Gasteiger partial charge < -0.3 is 15.7 Å². The molecule has 0 fully saturated rings. The summed E-state index contributed by atoms with van der Waals surface area (Å²) in [6.07, 6.45) is 0. The number of fused-ring (bicyclic) bond motifs is 1. The Morgan fingerprint density at radius 2 is 1.90 bits per heavy atom. The molecule has 148 valence electrons. The van der Waals surface area contributed by atoms with Gasteiger partial charge >= 0.3 is 0 Å². The average Bonchev–Trinajstić information content (AvgIpc) is 3.15. The van der Waals surface area contributed by atoms with Crippen molar-refractivity contribution < 1.29 is 9.50 Å². The summed E-state index contributed by atoms with van der Waals surface area (Å²) in [5, 5.41) is 18.8. The summed E-state index contributed by atoms with van der Waals surface area (Å²) in [5.41, 5.74) is 4.77. The van der Waals surface area contributed by atoms with Gasteiger partial charge in [-0.1, -0.05) is 18.2 Å². The van der Waals surface area contributed by atoms with Crippen LogP contribution >= 0.6 is 11.3 Å². The number of thiophene rings is 1. The molecule has 0 aliphatic heterocycles. The molecule has 1 aromatic carbocycles. The number of benzene rings is 1. The summed E-state index contributed by atoms with van der Waals surface area (Å²) in [7, 11) is 0. The quantitative estimate of drug-likeness (QED) is 0.409. The van der Waals surface area contributed by atoms with E-state index in [0.29, 0.717) is 18.9 Å². The van der Waals surface area contributed by atoms with Crippen LogP contribution in [0.15, 0.2) is 53.9 Å². The number of halogens is 1. The van der Waals surface area contributed by atoms with E-state index in [1.807, 2.05) is 36.6 Å². The summed E-state index contributed by atoms with van der Waals surface area (Å²) in [4.78, 5) is 10.1. The second-order valence-corrected chi connectivity index (χ2v) is 7.52. The third-order valence-electron chi connectivity index (χ3n) is 4.52. The van der Waals surface area contributed by atoms with E-state index in [9.17, 15) is 4.39 Å². The van der Waals surface area contributed by atoms with Gasteiger partial charge in [0.25, 0.3) is 0 Å². The molecule has 29 heavy (non-hydrogen) atoms. The van der Waals surface area contributed by atoms with Gasteiger partial charge in [0.1, 0.15) is 16.5 Å². The molecule has 0 saturated carbocycles. The highest BCUT2D eigenvalue weighted by atomic mass is 32.1. The number of rotatable bonds is 7. The van der Waals surface area contributed by atoms with Crippen LogP contribution in [-0.4, -0.2) is 28.2 Å². The lowest BCUT2D eigenvalue weighted by atomic mass is 10.0.